The van der Waals surface area contributed by atoms with Crippen LogP contribution in [0.3, 0.4) is 0 Å². The first-order valence-electron chi connectivity index (χ1n) is 7.92. The quantitative estimate of drug-likeness (QED) is 0.470. The number of likely N-dealkylation sites (N-methyl/N-ethyl adjacent to an activating group) is 1. The molecule has 1 atom stereocenters. The van der Waals surface area contributed by atoms with Crippen LogP contribution in [0.25, 0.3) is 0 Å². The average molecular weight is 321 g/mol. The zero-order valence-electron chi connectivity index (χ0n) is 13.8. The van der Waals surface area contributed by atoms with Gasteiger partial charge in [0, 0.05) is 37.4 Å². The zero-order valence-corrected chi connectivity index (χ0v) is 13.8. The Hall–Kier alpha value is -2.15. The van der Waals surface area contributed by atoms with Crippen molar-refractivity contribution in [1.29, 1.82) is 0 Å². The normalized spacial score (nSPS) is 18.7. The standard InChI is InChI=1S/C16H23N3O4/c1-4-17-8-9-18(12(3)11-17)13-6-7-15(19(21)22)14(10-13)16(20)23-5-2/h6-7,10,12H,4-5,8-9,11H2,1-3H3. The van der Waals surface area contributed by atoms with E-state index in [4.69, 9.17) is 4.74 Å². The number of piperazine rings is 1. The number of nitro benzene ring substituents is 1. The largest absolute Gasteiger partial charge is 0.462 e. The molecule has 7 heteroatoms. The minimum Gasteiger partial charge on any atom is -0.462 e. The van der Waals surface area contributed by atoms with Crippen LogP contribution in [-0.4, -0.2) is 54.6 Å². The third-order valence-electron chi connectivity index (χ3n) is 4.16. The molecule has 23 heavy (non-hydrogen) atoms. The van der Waals surface area contributed by atoms with Gasteiger partial charge in [0.05, 0.1) is 11.5 Å². The van der Waals surface area contributed by atoms with Gasteiger partial charge in [-0.15, -0.1) is 0 Å². The Morgan fingerprint density at radius 1 is 1.39 bits per heavy atom. The number of anilines is 1. The SMILES string of the molecule is CCOC(=O)c1cc(N2CCN(CC)CC2C)ccc1[N+](=O)[O-]. The summed E-state index contributed by atoms with van der Waals surface area (Å²) in [6, 6.07) is 4.95. The lowest BCUT2D eigenvalue weighted by Crippen LogP contribution is -2.51. The highest BCUT2D eigenvalue weighted by molar-refractivity contribution is 5.95. The van der Waals surface area contributed by atoms with Crippen molar-refractivity contribution in [2.24, 2.45) is 0 Å². The van der Waals surface area contributed by atoms with Crippen LogP contribution in [0.4, 0.5) is 11.4 Å². The van der Waals surface area contributed by atoms with E-state index in [1.165, 1.54) is 6.07 Å². The second-order valence-corrected chi connectivity index (χ2v) is 5.61. The lowest BCUT2D eigenvalue weighted by Gasteiger charge is -2.41. The van der Waals surface area contributed by atoms with Crippen molar-refractivity contribution in [3.8, 4) is 0 Å². The van der Waals surface area contributed by atoms with Crippen LogP contribution < -0.4 is 4.90 Å². The summed E-state index contributed by atoms with van der Waals surface area (Å²) in [5.41, 5.74) is 0.619. The highest BCUT2D eigenvalue weighted by Crippen LogP contribution is 2.28. The molecule has 0 N–H and O–H groups in total. The van der Waals surface area contributed by atoms with Crippen LogP contribution in [0.2, 0.25) is 0 Å². The van der Waals surface area contributed by atoms with Gasteiger partial charge in [0.25, 0.3) is 5.69 Å². The molecule has 1 aliphatic heterocycles. The lowest BCUT2D eigenvalue weighted by atomic mass is 10.1. The summed E-state index contributed by atoms with van der Waals surface area (Å²) in [7, 11) is 0. The van der Waals surface area contributed by atoms with Crippen molar-refractivity contribution in [1.82, 2.24) is 4.90 Å². The van der Waals surface area contributed by atoms with Crippen molar-refractivity contribution in [2.75, 3.05) is 37.7 Å². The maximum Gasteiger partial charge on any atom is 0.345 e. The van der Waals surface area contributed by atoms with Gasteiger partial charge in [-0.1, -0.05) is 6.92 Å². The minimum atomic E-state index is -0.652. The maximum atomic E-state index is 12.0. The Balaban J connectivity index is 2.31. The van der Waals surface area contributed by atoms with Crippen molar-refractivity contribution in [2.45, 2.75) is 26.8 Å². The van der Waals surface area contributed by atoms with Crippen molar-refractivity contribution in [3.63, 3.8) is 0 Å². The summed E-state index contributed by atoms with van der Waals surface area (Å²) in [4.78, 5) is 27.2. The molecule has 0 radical (unpaired) electrons. The van der Waals surface area contributed by atoms with Gasteiger partial charge in [0.1, 0.15) is 5.56 Å². The molecular formula is C16H23N3O4. The van der Waals surface area contributed by atoms with E-state index >= 15 is 0 Å². The molecule has 0 aliphatic carbocycles. The predicted octanol–water partition coefficient (Wildman–Crippen LogP) is 2.30. The third kappa shape index (κ3) is 3.79. The summed E-state index contributed by atoms with van der Waals surface area (Å²) in [5, 5.41) is 11.1. The molecule has 1 heterocycles. The number of nitro groups is 1. The van der Waals surface area contributed by atoms with Crippen LogP contribution in [-0.2, 0) is 4.74 Å². The Bertz CT molecular complexity index is 591. The summed E-state index contributed by atoms with van der Waals surface area (Å²) >= 11 is 0. The van der Waals surface area contributed by atoms with Crippen molar-refractivity contribution < 1.29 is 14.5 Å². The molecule has 1 aromatic rings. The number of hydrogen-bond acceptors (Lipinski definition) is 6. The number of rotatable bonds is 5. The molecule has 126 valence electrons. The molecule has 0 spiro atoms. The summed E-state index contributed by atoms with van der Waals surface area (Å²) in [6.45, 7) is 9.82. The topological polar surface area (TPSA) is 75.9 Å². The maximum absolute atomic E-state index is 12.0. The zero-order chi connectivity index (χ0) is 17.0. The number of nitrogens with zero attached hydrogens (tertiary/aromatic N) is 3. The second kappa shape index (κ2) is 7.41. The number of carbonyl (C=O) groups is 1. The van der Waals surface area contributed by atoms with Crippen LogP contribution in [0.15, 0.2) is 18.2 Å². The molecule has 0 amide bonds. The predicted molar refractivity (Wildman–Crippen MR) is 88.0 cm³/mol. The van der Waals surface area contributed by atoms with E-state index in [0.29, 0.717) is 0 Å². The van der Waals surface area contributed by atoms with Crippen LogP contribution in [0, 0.1) is 10.1 Å². The van der Waals surface area contributed by atoms with Gasteiger partial charge in [-0.3, -0.25) is 15.0 Å². The van der Waals surface area contributed by atoms with Crippen molar-refractivity contribution >= 4 is 17.3 Å². The lowest BCUT2D eigenvalue weighted by molar-refractivity contribution is -0.385. The Labute approximate surface area is 136 Å². The van der Waals surface area contributed by atoms with E-state index in [1.54, 1.807) is 19.1 Å². The fraction of sp³-hybridized carbons (Fsp3) is 0.562. The molecule has 1 aromatic carbocycles. The molecule has 0 saturated carbocycles. The van der Waals surface area contributed by atoms with Gasteiger partial charge in [-0.25, -0.2) is 4.79 Å². The number of esters is 1. The smallest absolute Gasteiger partial charge is 0.345 e. The van der Waals surface area contributed by atoms with E-state index in [9.17, 15) is 14.9 Å². The molecule has 1 saturated heterocycles. The Morgan fingerprint density at radius 2 is 2.13 bits per heavy atom. The van der Waals surface area contributed by atoms with Gasteiger partial charge in [0.15, 0.2) is 0 Å². The monoisotopic (exact) mass is 321 g/mol. The molecule has 1 aliphatic rings. The van der Waals surface area contributed by atoms with Gasteiger partial charge in [0.2, 0.25) is 0 Å². The first-order chi connectivity index (χ1) is 11.0. The minimum absolute atomic E-state index is 0.0134. The highest BCUT2D eigenvalue weighted by atomic mass is 16.6. The molecule has 1 unspecified atom stereocenters. The van der Waals surface area contributed by atoms with Gasteiger partial charge in [-0.2, -0.15) is 0 Å². The van der Waals surface area contributed by atoms with Crippen LogP contribution >= 0.6 is 0 Å². The van der Waals surface area contributed by atoms with E-state index in [2.05, 4.69) is 23.6 Å². The molecule has 2 rings (SSSR count). The average Bonchev–Trinajstić information content (AvgIpc) is 2.54. The molecule has 1 fully saturated rings. The van der Waals surface area contributed by atoms with E-state index in [-0.39, 0.29) is 23.9 Å². The number of carbonyl (C=O) groups excluding carboxylic acids is 1. The summed E-state index contributed by atoms with van der Waals surface area (Å²) < 4.78 is 4.95. The number of benzene rings is 1. The fourth-order valence-corrected chi connectivity index (χ4v) is 2.94. The van der Waals surface area contributed by atoms with Crippen molar-refractivity contribution in [3.05, 3.63) is 33.9 Å². The van der Waals surface area contributed by atoms with Crippen LogP contribution in [0.1, 0.15) is 31.1 Å². The van der Waals surface area contributed by atoms with E-state index in [1.807, 2.05) is 0 Å². The summed E-state index contributed by atoms with van der Waals surface area (Å²) in [6.07, 6.45) is 0. The number of ether oxygens (including phenoxy) is 1. The molecule has 7 nitrogen and oxygen atoms in total. The van der Waals surface area contributed by atoms with Gasteiger partial charge < -0.3 is 9.64 Å². The van der Waals surface area contributed by atoms with E-state index in [0.717, 1.165) is 31.9 Å². The highest BCUT2D eigenvalue weighted by Gasteiger charge is 2.27. The summed E-state index contributed by atoms with van der Waals surface area (Å²) in [5.74, 6) is -0.652. The third-order valence-corrected chi connectivity index (χ3v) is 4.16. The Kier molecular flexibility index (Phi) is 5.54. The first kappa shape index (κ1) is 17.2. The second-order valence-electron chi connectivity index (χ2n) is 5.61. The van der Waals surface area contributed by atoms with E-state index < -0.39 is 10.9 Å². The first-order valence-corrected chi connectivity index (χ1v) is 7.92. The molecular weight excluding hydrogens is 298 g/mol. The Morgan fingerprint density at radius 3 is 2.70 bits per heavy atom. The molecule has 0 bridgehead atoms. The van der Waals surface area contributed by atoms with Gasteiger partial charge >= 0.3 is 5.97 Å². The molecule has 0 aromatic heterocycles. The fourth-order valence-electron chi connectivity index (χ4n) is 2.94. The number of hydrogen-bond donors (Lipinski definition) is 0. The van der Waals surface area contributed by atoms with Crippen LogP contribution in [0.5, 0.6) is 0 Å². The van der Waals surface area contributed by atoms with Gasteiger partial charge in [-0.05, 0) is 32.5 Å².